The quantitative estimate of drug-likeness (QED) is 0.777. The van der Waals surface area contributed by atoms with Crippen molar-refractivity contribution in [2.24, 2.45) is 0 Å². The Morgan fingerprint density at radius 3 is 2.80 bits per heavy atom. The van der Waals surface area contributed by atoms with E-state index in [-0.39, 0.29) is 6.61 Å². The van der Waals surface area contributed by atoms with E-state index in [0.29, 0.717) is 11.8 Å². The fourth-order valence-electron chi connectivity index (χ4n) is 2.44. The fraction of sp³-hybridized carbons (Fsp3) is 0.438. The summed E-state index contributed by atoms with van der Waals surface area (Å²) < 4.78 is 5.13. The first kappa shape index (κ1) is 14.6. The van der Waals surface area contributed by atoms with E-state index in [1.165, 1.54) is 18.4 Å². The highest BCUT2D eigenvalue weighted by Gasteiger charge is 2.18. The lowest BCUT2D eigenvalue weighted by Gasteiger charge is -2.24. The number of rotatable bonds is 7. The second-order valence-electron chi connectivity index (χ2n) is 5.04. The van der Waals surface area contributed by atoms with Crippen LogP contribution in [0.4, 0.5) is 0 Å². The van der Waals surface area contributed by atoms with Crippen LogP contribution in [-0.4, -0.2) is 35.2 Å². The van der Waals surface area contributed by atoms with E-state index in [2.05, 4.69) is 24.0 Å². The number of hydrogen-bond acceptors (Lipinski definition) is 3. The predicted octanol–water partition coefficient (Wildman–Crippen LogP) is 2.69. The normalized spacial score (nSPS) is 18.4. The number of nitrogens with zero attached hydrogens (tertiary/aromatic N) is 1. The number of aliphatic carboxylic acids is 1. The van der Waals surface area contributed by atoms with Crippen LogP contribution in [0.25, 0.3) is 0 Å². The number of carboxylic acids is 1. The van der Waals surface area contributed by atoms with Crippen molar-refractivity contribution in [1.29, 1.82) is 0 Å². The molecule has 0 aromatic heterocycles. The highest BCUT2D eigenvalue weighted by atomic mass is 16.5. The molecular weight excluding hydrogens is 254 g/mol. The van der Waals surface area contributed by atoms with Crippen molar-refractivity contribution in [1.82, 2.24) is 4.90 Å². The summed E-state index contributed by atoms with van der Waals surface area (Å²) in [5.41, 5.74) is 1.22. The van der Waals surface area contributed by atoms with Gasteiger partial charge in [0.05, 0.1) is 0 Å². The zero-order chi connectivity index (χ0) is 14.4. The molecule has 0 radical (unpaired) electrons. The number of carboxylic acid groups (broad SMARTS) is 1. The van der Waals surface area contributed by atoms with Gasteiger partial charge < -0.3 is 9.84 Å². The van der Waals surface area contributed by atoms with E-state index in [0.717, 1.165) is 13.1 Å². The Bertz CT molecular complexity index is 467. The second-order valence-corrected chi connectivity index (χ2v) is 5.04. The molecule has 0 aliphatic carbocycles. The van der Waals surface area contributed by atoms with Crippen LogP contribution in [0.5, 0.6) is 5.75 Å². The Hall–Kier alpha value is -1.81. The van der Waals surface area contributed by atoms with Crippen LogP contribution < -0.4 is 4.74 Å². The van der Waals surface area contributed by atoms with E-state index in [9.17, 15) is 4.79 Å². The highest BCUT2D eigenvalue weighted by molar-refractivity contribution is 5.68. The van der Waals surface area contributed by atoms with Crippen molar-refractivity contribution in [2.75, 3.05) is 13.2 Å². The van der Waals surface area contributed by atoms with Gasteiger partial charge in [-0.25, -0.2) is 4.79 Å². The first-order chi connectivity index (χ1) is 9.69. The van der Waals surface area contributed by atoms with Crippen LogP contribution in [0.3, 0.4) is 0 Å². The van der Waals surface area contributed by atoms with Gasteiger partial charge >= 0.3 is 5.97 Å². The monoisotopic (exact) mass is 275 g/mol. The lowest BCUT2D eigenvalue weighted by Crippen LogP contribution is -2.29. The Balaban J connectivity index is 1.88. The summed E-state index contributed by atoms with van der Waals surface area (Å²) in [6.45, 7) is 3.83. The lowest BCUT2D eigenvalue weighted by molar-refractivity contribution is -0.139. The first-order valence-corrected chi connectivity index (χ1v) is 7.03. The molecule has 4 nitrogen and oxygen atoms in total. The van der Waals surface area contributed by atoms with Gasteiger partial charge in [0.15, 0.2) is 6.61 Å². The summed E-state index contributed by atoms with van der Waals surface area (Å²) >= 11 is 0. The minimum absolute atomic E-state index is 0.298. The van der Waals surface area contributed by atoms with Crippen LogP contribution in [0.1, 0.15) is 25.3 Å². The molecule has 1 aromatic rings. The molecule has 2 rings (SSSR count). The maximum absolute atomic E-state index is 10.4. The molecule has 1 aliphatic rings. The van der Waals surface area contributed by atoms with Crippen LogP contribution >= 0.6 is 0 Å². The van der Waals surface area contributed by atoms with E-state index in [1.807, 2.05) is 24.3 Å². The van der Waals surface area contributed by atoms with Gasteiger partial charge in [0.25, 0.3) is 0 Å². The molecule has 0 saturated carbocycles. The minimum atomic E-state index is -0.959. The molecule has 108 valence electrons. The summed E-state index contributed by atoms with van der Waals surface area (Å²) in [5.74, 6) is -0.361. The molecule has 1 N–H and O–H groups in total. The first-order valence-electron chi connectivity index (χ1n) is 7.03. The molecule has 0 bridgehead atoms. The molecule has 1 aliphatic heterocycles. The lowest BCUT2D eigenvalue weighted by atomic mass is 10.1. The molecule has 0 amide bonds. The Morgan fingerprint density at radius 1 is 1.40 bits per heavy atom. The van der Waals surface area contributed by atoms with Crippen molar-refractivity contribution < 1.29 is 14.6 Å². The molecule has 1 heterocycles. The Kier molecular flexibility index (Phi) is 5.18. The summed E-state index contributed by atoms with van der Waals surface area (Å²) in [4.78, 5) is 12.9. The SMILES string of the molecule is CCC[C@H]1C=CCN1Cc1ccc(OCC(=O)O)cc1. The van der Waals surface area contributed by atoms with Crippen LogP contribution in [-0.2, 0) is 11.3 Å². The van der Waals surface area contributed by atoms with Crippen molar-refractivity contribution in [2.45, 2.75) is 32.4 Å². The zero-order valence-corrected chi connectivity index (χ0v) is 11.8. The van der Waals surface area contributed by atoms with E-state index >= 15 is 0 Å². The fourth-order valence-corrected chi connectivity index (χ4v) is 2.44. The van der Waals surface area contributed by atoms with Gasteiger partial charge in [-0.05, 0) is 24.1 Å². The molecule has 0 unspecified atom stereocenters. The summed E-state index contributed by atoms with van der Waals surface area (Å²) in [5, 5.41) is 8.56. The maximum Gasteiger partial charge on any atom is 0.341 e. The highest BCUT2D eigenvalue weighted by Crippen LogP contribution is 2.19. The van der Waals surface area contributed by atoms with Gasteiger partial charge in [-0.2, -0.15) is 0 Å². The summed E-state index contributed by atoms with van der Waals surface area (Å²) in [6, 6.07) is 8.20. The Morgan fingerprint density at radius 2 is 2.15 bits per heavy atom. The van der Waals surface area contributed by atoms with E-state index in [4.69, 9.17) is 9.84 Å². The van der Waals surface area contributed by atoms with Gasteiger partial charge in [0, 0.05) is 19.1 Å². The van der Waals surface area contributed by atoms with Crippen molar-refractivity contribution in [3.05, 3.63) is 42.0 Å². The molecule has 20 heavy (non-hydrogen) atoms. The van der Waals surface area contributed by atoms with Crippen molar-refractivity contribution >= 4 is 5.97 Å². The van der Waals surface area contributed by atoms with Crippen LogP contribution in [0, 0.1) is 0 Å². The largest absolute Gasteiger partial charge is 0.482 e. The number of carbonyl (C=O) groups is 1. The van der Waals surface area contributed by atoms with E-state index < -0.39 is 5.97 Å². The Labute approximate surface area is 119 Å². The standard InChI is InChI=1S/C16H21NO3/c1-2-4-14-5-3-10-17(14)11-13-6-8-15(9-7-13)20-12-16(18)19/h3,5-9,14H,2,4,10-12H2,1H3,(H,18,19)/t14-/m0/s1. The molecule has 1 atom stereocenters. The van der Waals surface area contributed by atoms with Crippen LogP contribution in [0.15, 0.2) is 36.4 Å². The van der Waals surface area contributed by atoms with Crippen molar-refractivity contribution in [3.8, 4) is 5.75 Å². The average Bonchev–Trinajstić information content (AvgIpc) is 2.86. The summed E-state index contributed by atoms with van der Waals surface area (Å²) in [7, 11) is 0. The third kappa shape index (κ3) is 4.10. The van der Waals surface area contributed by atoms with Crippen LogP contribution in [0.2, 0.25) is 0 Å². The third-order valence-corrected chi connectivity index (χ3v) is 3.42. The smallest absolute Gasteiger partial charge is 0.341 e. The van der Waals surface area contributed by atoms with Gasteiger partial charge in [0.2, 0.25) is 0 Å². The molecule has 1 aromatic carbocycles. The number of ether oxygens (including phenoxy) is 1. The van der Waals surface area contributed by atoms with E-state index in [1.54, 1.807) is 0 Å². The molecule has 0 saturated heterocycles. The summed E-state index contributed by atoms with van der Waals surface area (Å²) in [6.07, 6.45) is 6.89. The van der Waals surface area contributed by atoms with Crippen molar-refractivity contribution in [3.63, 3.8) is 0 Å². The molecule has 0 spiro atoms. The van der Waals surface area contributed by atoms with Gasteiger partial charge in [-0.3, -0.25) is 4.90 Å². The minimum Gasteiger partial charge on any atom is -0.482 e. The molecule has 4 heteroatoms. The third-order valence-electron chi connectivity index (χ3n) is 3.42. The molecular formula is C16H21NO3. The number of hydrogen-bond donors (Lipinski definition) is 1. The molecule has 0 fully saturated rings. The maximum atomic E-state index is 10.4. The second kappa shape index (κ2) is 7.10. The average molecular weight is 275 g/mol. The zero-order valence-electron chi connectivity index (χ0n) is 11.8. The predicted molar refractivity (Wildman–Crippen MR) is 77.8 cm³/mol. The van der Waals surface area contributed by atoms with Gasteiger partial charge in [-0.1, -0.05) is 37.6 Å². The topological polar surface area (TPSA) is 49.8 Å². The van der Waals surface area contributed by atoms with Gasteiger partial charge in [-0.15, -0.1) is 0 Å². The number of benzene rings is 1. The van der Waals surface area contributed by atoms with Gasteiger partial charge in [0.1, 0.15) is 5.75 Å².